The van der Waals surface area contributed by atoms with Crippen LogP contribution in [0.3, 0.4) is 0 Å². The van der Waals surface area contributed by atoms with Gasteiger partial charge in [-0.25, -0.2) is 4.79 Å². The van der Waals surface area contributed by atoms with Crippen molar-refractivity contribution in [3.63, 3.8) is 0 Å². The highest BCUT2D eigenvalue weighted by Crippen LogP contribution is 2.32. The highest BCUT2D eigenvalue weighted by Gasteiger charge is 2.37. The standard InChI is InChI=1S/C12H14N2O3/c1-7-9(3-2-6-13-7)11(15)14-10(12(16)17)8-4-5-8/h2-3,6,8,10H,4-5H2,1H3,(H,14,15)(H,16,17). The minimum atomic E-state index is -0.970. The van der Waals surface area contributed by atoms with Crippen LogP contribution >= 0.6 is 0 Å². The van der Waals surface area contributed by atoms with E-state index in [0.717, 1.165) is 12.8 Å². The molecule has 1 aliphatic rings. The van der Waals surface area contributed by atoms with Crippen molar-refractivity contribution < 1.29 is 14.7 Å². The number of carbonyl (C=O) groups is 2. The minimum absolute atomic E-state index is 0.0772. The normalized spacial score (nSPS) is 16.3. The van der Waals surface area contributed by atoms with Crippen molar-refractivity contribution in [1.29, 1.82) is 0 Å². The SMILES string of the molecule is Cc1ncccc1C(=O)NC(C(=O)O)C1CC1. The third-order valence-electron chi connectivity index (χ3n) is 2.90. The number of carbonyl (C=O) groups excluding carboxylic acids is 1. The molecule has 0 radical (unpaired) electrons. The second-order valence-corrected chi connectivity index (χ2v) is 4.26. The van der Waals surface area contributed by atoms with E-state index in [1.54, 1.807) is 25.3 Å². The molecule has 1 aromatic heterocycles. The van der Waals surface area contributed by atoms with Gasteiger partial charge in [0.2, 0.25) is 0 Å². The summed E-state index contributed by atoms with van der Waals surface area (Å²) >= 11 is 0. The number of rotatable bonds is 4. The van der Waals surface area contributed by atoms with E-state index in [2.05, 4.69) is 10.3 Å². The Morgan fingerprint density at radius 1 is 1.53 bits per heavy atom. The molecular weight excluding hydrogens is 220 g/mol. The van der Waals surface area contributed by atoms with Crippen molar-refractivity contribution in [2.24, 2.45) is 5.92 Å². The van der Waals surface area contributed by atoms with Crippen LogP contribution < -0.4 is 5.32 Å². The molecule has 0 saturated heterocycles. The largest absolute Gasteiger partial charge is 0.480 e. The number of aliphatic carboxylic acids is 1. The Kier molecular flexibility index (Phi) is 3.08. The molecule has 17 heavy (non-hydrogen) atoms. The molecule has 5 nitrogen and oxygen atoms in total. The highest BCUT2D eigenvalue weighted by molar-refractivity contribution is 5.97. The van der Waals surface area contributed by atoms with Crippen LogP contribution in [0.15, 0.2) is 18.3 Å². The Balaban J connectivity index is 2.10. The molecule has 5 heteroatoms. The molecule has 2 N–H and O–H groups in total. The topological polar surface area (TPSA) is 79.3 Å². The number of hydrogen-bond donors (Lipinski definition) is 2. The van der Waals surface area contributed by atoms with Crippen LogP contribution in [0.25, 0.3) is 0 Å². The van der Waals surface area contributed by atoms with E-state index < -0.39 is 12.0 Å². The predicted octanol–water partition coefficient (Wildman–Crippen LogP) is 0.983. The van der Waals surface area contributed by atoms with Gasteiger partial charge in [0, 0.05) is 11.9 Å². The van der Waals surface area contributed by atoms with Crippen molar-refractivity contribution in [2.45, 2.75) is 25.8 Å². The molecule has 1 atom stereocenters. The van der Waals surface area contributed by atoms with Crippen LogP contribution in [0.4, 0.5) is 0 Å². The quantitative estimate of drug-likeness (QED) is 0.814. The Hall–Kier alpha value is -1.91. The van der Waals surface area contributed by atoms with Crippen LogP contribution in [-0.2, 0) is 4.79 Å². The number of pyridine rings is 1. The fraction of sp³-hybridized carbons (Fsp3) is 0.417. The first kappa shape index (κ1) is 11.6. The molecule has 1 unspecified atom stereocenters. The van der Waals surface area contributed by atoms with Gasteiger partial charge >= 0.3 is 5.97 Å². The maximum atomic E-state index is 11.9. The molecule has 1 aromatic rings. The highest BCUT2D eigenvalue weighted by atomic mass is 16.4. The van der Waals surface area contributed by atoms with Gasteiger partial charge in [-0.2, -0.15) is 0 Å². The third-order valence-corrected chi connectivity index (χ3v) is 2.90. The maximum absolute atomic E-state index is 11.9. The van der Waals surface area contributed by atoms with Crippen LogP contribution in [-0.4, -0.2) is 28.0 Å². The van der Waals surface area contributed by atoms with Gasteiger partial charge in [-0.15, -0.1) is 0 Å². The van der Waals surface area contributed by atoms with E-state index in [4.69, 9.17) is 5.11 Å². The first-order valence-corrected chi connectivity index (χ1v) is 5.55. The molecule has 1 fully saturated rings. The zero-order chi connectivity index (χ0) is 12.4. The van der Waals surface area contributed by atoms with Gasteiger partial charge in [-0.3, -0.25) is 9.78 Å². The maximum Gasteiger partial charge on any atom is 0.326 e. The summed E-state index contributed by atoms with van der Waals surface area (Å²) in [6, 6.07) is 2.53. The molecule has 2 rings (SSSR count). The average Bonchev–Trinajstić information content (AvgIpc) is 3.09. The fourth-order valence-corrected chi connectivity index (χ4v) is 1.75. The van der Waals surface area contributed by atoms with E-state index in [-0.39, 0.29) is 11.8 Å². The van der Waals surface area contributed by atoms with Crippen LogP contribution in [0.2, 0.25) is 0 Å². The number of nitrogens with zero attached hydrogens (tertiary/aromatic N) is 1. The smallest absolute Gasteiger partial charge is 0.326 e. The van der Waals surface area contributed by atoms with Gasteiger partial charge in [-0.1, -0.05) is 0 Å². The molecule has 1 aliphatic carbocycles. The third kappa shape index (κ3) is 2.61. The van der Waals surface area contributed by atoms with Crippen molar-refractivity contribution in [3.05, 3.63) is 29.6 Å². The monoisotopic (exact) mass is 234 g/mol. The molecule has 1 heterocycles. The van der Waals surface area contributed by atoms with E-state index in [9.17, 15) is 9.59 Å². The van der Waals surface area contributed by atoms with Crippen LogP contribution in [0.1, 0.15) is 28.9 Å². The van der Waals surface area contributed by atoms with Gasteiger partial charge in [0.15, 0.2) is 0 Å². The first-order chi connectivity index (χ1) is 8.09. The number of hydrogen-bond acceptors (Lipinski definition) is 3. The molecule has 1 amide bonds. The second kappa shape index (κ2) is 4.53. The first-order valence-electron chi connectivity index (χ1n) is 5.55. The number of aromatic nitrogens is 1. The molecule has 0 bridgehead atoms. The summed E-state index contributed by atoms with van der Waals surface area (Å²) < 4.78 is 0. The summed E-state index contributed by atoms with van der Waals surface area (Å²) in [4.78, 5) is 26.9. The number of amides is 1. The Labute approximate surface area is 98.9 Å². The molecule has 0 aliphatic heterocycles. The lowest BCUT2D eigenvalue weighted by Gasteiger charge is -2.14. The molecule has 90 valence electrons. The lowest BCUT2D eigenvalue weighted by Crippen LogP contribution is -2.42. The molecular formula is C12H14N2O3. The zero-order valence-electron chi connectivity index (χ0n) is 9.51. The summed E-state index contributed by atoms with van der Waals surface area (Å²) in [5.74, 6) is -1.26. The Morgan fingerprint density at radius 3 is 2.76 bits per heavy atom. The molecule has 1 saturated carbocycles. The summed E-state index contributed by atoms with van der Waals surface area (Å²) in [5, 5.41) is 11.6. The molecule has 0 aromatic carbocycles. The van der Waals surface area contributed by atoms with Gasteiger partial charge in [-0.05, 0) is 37.8 Å². The predicted molar refractivity (Wildman–Crippen MR) is 60.6 cm³/mol. The number of aryl methyl sites for hydroxylation is 1. The van der Waals surface area contributed by atoms with Crippen molar-refractivity contribution in [2.75, 3.05) is 0 Å². The summed E-state index contributed by atoms with van der Waals surface area (Å²) in [6.45, 7) is 1.72. The summed E-state index contributed by atoms with van der Waals surface area (Å²) in [5.41, 5.74) is 1.03. The number of carboxylic acid groups (broad SMARTS) is 1. The van der Waals surface area contributed by atoms with Crippen LogP contribution in [0, 0.1) is 12.8 Å². The Morgan fingerprint density at radius 2 is 2.24 bits per heavy atom. The van der Waals surface area contributed by atoms with E-state index >= 15 is 0 Å². The summed E-state index contributed by atoms with van der Waals surface area (Å²) in [7, 11) is 0. The van der Waals surface area contributed by atoms with E-state index in [0.29, 0.717) is 11.3 Å². The van der Waals surface area contributed by atoms with Gasteiger partial charge in [0.05, 0.1) is 5.56 Å². The average molecular weight is 234 g/mol. The Bertz CT molecular complexity index is 455. The fourth-order valence-electron chi connectivity index (χ4n) is 1.75. The van der Waals surface area contributed by atoms with Crippen molar-refractivity contribution in [3.8, 4) is 0 Å². The van der Waals surface area contributed by atoms with Gasteiger partial charge in [0.1, 0.15) is 6.04 Å². The van der Waals surface area contributed by atoms with Crippen LogP contribution in [0.5, 0.6) is 0 Å². The lowest BCUT2D eigenvalue weighted by molar-refractivity contribution is -0.139. The van der Waals surface area contributed by atoms with Gasteiger partial charge < -0.3 is 10.4 Å². The van der Waals surface area contributed by atoms with Crippen molar-refractivity contribution in [1.82, 2.24) is 10.3 Å². The lowest BCUT2D eigenvalue weighted by atomic mass is 10.1. The van der Waals surface area contributed by atoms with Gasteiger partial charge in [0.25, 0.3) is 5.91 Å². The zero-order valence-corrected chi connectivity index (χ0v) is 9.51. The number of nitrogens with one attached hydrogen (secondary N) is 1. The number of carboxylic acids is 1. The summed E-state index contributed by atoms with van der Waals surface area (Å²) in [6.07, 6.45) is 3.33. The van der Waals surface area contributed by atoms with E-state index in [1.165, 1.54) is 0 Å². The van der Waals surface area contributed by atoms with E-state index in [1.807, 2.05) is 0 Å². The second-order valence-electron chi connectivity index (χ2n) is 4.26. The van der Waals surface area contributed by atoms with Crippen molar-refractivity contribution >= 4 is 11.9 Å². The minimum Gasteiger partial charge on any atom is -0.480 e. The molecule has 0 spiro atoms.